The number of carbonyl (C=O) groups is 2. The summed E-state index contributed by atoms with van der Waals surface area (Å²) in [5.74, 6) is 0.219. The van der Waals surface area contributed by atoms with Crippen molar-refractivity contribution in [3.05, 3.63) is 70.8 Å². The number of hydrogen-bond acceptors (Lipinski definition) is 3. The molecule has 3 aliphatic rings. The van der Waals surface area contributed by atoms with E-state index in [1.54, 1.807) is 0 Å². The molecule has 0 bridgehead atoms. The summed E-state index contributed by atoms with van der Waals surface area (Å²) in [6.07, 6.45) is 3.79. The zero-order chi connectivity index (χ0) is 21.5. The van der Waals surface area contributed by atoms with Crippen molar-refractivity contribution in [2.45, 2.75) is 50.7 Å². The van der Waals surface area contributed by atoms with E-state index in [0.717, 1.165) is 49.9 Å². The minimum Gasteiger partial charge on any atom is -0.335 e. The van der Waals surface area contributed by atoms with Crippen molar-refractivity contribution in [2.75, 3.05) is 13.1 Å². The van der Waals surface area contributed by atoms with Crippen LogP contribution in [0, 0.1) is 5.92 Å². The molecule has 2 saturated heterocycles. The van der Waals surface area contributed by atoms with Gasteiger partial charge in [-0.3, -0.25) is 9.59 Å². The molecule has 2 fully saturated rings. The van der Waals surface area contributed by atoms with E-state index in [1.807, 2.05) is 55.5 Å². The largest absolute Gasteiger partial charge is 0.335 e. The van der Waals surface area contributed by atoms with Crippen molar-refractivity contribution in [1.82, 2.24) is 14.6 Å². The molecule has 0 radical (unpaired) electrons. The van der Waals surface area contributed by atoms with Gasteiger partial charge in [-0.2, -0.15) is 0 Å². The van der Waals surface area contributed by atoms with Crippen LogP contribution in [0.1, 0.15) is 65.3 Å². The van der Waals surface area contributed by atoms with Crippen LogP contribution in [-0.4, -0.2) is 40.3 Å². The minimum absolute atomic E-state index is 0.0996. The number of benzene rings is 2. The fourth-order valence-corrected chi connectivity index (χ4v) is 5.68. The fourth-order valence-electron chi connectivity index (χ4n) is 5.47. The second-order valence-electron chi connectivity index (χ2n) is 8.96. The highest BCUT2D eigenvalue weighted by Gasteiger charge is 2.45. The van der Waals surface area contributed by atoms with E-state index in [0.29, 0.717) is 11.5 Å². The summed E-state index contributed by atoms with van der Waals surface area (Å²) in [5, 5.41) is 3.56. The Kier molecular flexibility index (Phi) is 5.49. The van der Waals surface area contributed by atoms with Crippen molar-refractivity contribution >= 4 is 23.6 Å². The van der Waals surface area contributed by atoms with Crippen LogP contribution in [0.5, 0.6) is 0 Å². The maximum atomic E-state index is 13.1. The Bertz CT molecular complexity index is 996. The fraction of sp³-hybridized carbons (Fsp3) is 0.440. The zero-order valence-electron chi connectivity index (χ0n) is 17.8. The lowest BCUT2D eigenvalue weighted by molar-refractivity contribution is -0.145. The molecular weight excluding hydrogens is 410 g/mol. The van der Waals surface area contributed by atoms with Crippen molar-refractivity contribution in [1.29, 1.82) is 0 Å². The maximum absolute atomic E-state index is 13.1. The van der Waals surface area contributed by atoms with E-state index in [1.165, 1.54) is 9.98 Å². The van der Waals surface area contributed by atoms with Crippen LogP contribution in [0.2, 0.25) is 0 Å². The lowest BCUT2D eigenvalue weighted by Crippen LogP contribution is -2.57. The Morgan fingerprint density at radius 1 is 1.23 bits per heavy atom. The molecule has 162 valence electrons. The Morgan fingerprint density at radius 2 is 2.03 bits per heavy atom. The van der Waals surface area contributed by atoms with E-state index in [9.17, 15) is 9.59 Å². The second kappa shape index (κ2) is 8.29. The summed E-state index contributed by atoms with van der Waals surface area (Å²) in [5.41, 5.74) is 3.93. The van der Waals surface area contributed by atoms with Crippen LogP contribution >= 0.6 is 11.8 Å². The number of carbonyl (C=O) groups excluding carboxylic acids is 2. The highest BCUT2D eigenvalue weighted by atomic mass is 35.5. The number of nitrogens with zero attached hydrogens (tertiary/aromatic N) is 2. The van der Waals surface area contributed by atoms with Gasteiger partial charge in [0.15, 0.2) is 0 Å². The first-order valence-corrected chi connectivity index (χ1v) is 11.6. The number of halogens is 1. The monoisotopic (exact) mass is 437 g/mol. The van der Waals surface area contributed by atoms with Gasteiger partial charge in [0.1, 0.15) is 0 Å². The molecular formula is C25H28ClN3O2. The van der Waals surface area contributed by atoms with E-state index in [4.69, 9.17) is 11.8 Å². The Labute approximate surface area is 188 Å². The Hall–Kier alpha value is -2.37. The molecule has 5 nitrogen and oxygen atoms in total. The molecule has 6 heteroatoms. The van der Waals surface area contributed by atoms with Crippen molar-refractivity contribution in [2.24, 2.45) is 5.92 Å². The van der Waals surface area contributed by atoms with Gasteiger partial charge in [-0.1, -0.05) is 36.4 Å². The van der Waals surface area contributed by atoms with Crippen molar-refractivity contribution < 1.29 is 9.59 Å². The molecule has 31 heavy (non-hydrogen) atoms. The van der Waals surface area contributed by atoms with Gasteiger partial charge in [0.2, 0.25) is 5.91 Å². The molecule has 2 aromatic carbocycles. The molecule has 5 rings (SSSR count). The van der Waals surface area contributed by atoms with Gasteiger partial charge in [-0.25, -0.2) is 4.42 Å². The summed E-state index contributed by atoms with van der Waals surface area (Å²) >= 11 is 6.46. The van der Waals surface area contributed by atoms with Crippen LogP contribution in [0.25, 0.3) is 0 Å². The average molecular weight is 438 g/mol. The molecule has 0 unspecified atom stereocenters. The topological polar surface area (TPSA) is 52.7 Å². The molecule has 1 N–H and O–H groups in total. The number of hydrogen-bond donors (Lipinski definition) is 1. The first-order chi connectivity index (χ1) is 15.0. The van der Waals surface area contributed by atoms with E-state index in [2.05, 4.69) is 10.2 Å². The first kappa shape index (κ1) is 20.5. The normalized spacial score (nSPS) is 25.8. The quantitative estimate of drug-likeness (QED) is 0.730. The number of nitrogens with one attached hydrogen (secondary N) is 1. The van der Waals surface area contributed by atoms with Crippen LogP contribution in [0.15, 0.2) is 48.5 Å². The zero-order valence-corrected chi connectivity index (χ0v) is 18.5. The Morgan fingerprint density at radius 3 is 2.84 bits per heavy atom. The van der Waals surface area contributed by atoms with Gasteiger partial charge in [-0.05, 0) is 68.0 Å². The summed E-state index contributed by atoms with van der Waals surface area (Å²) in [7, 11) is 0. The maximum Gasteiger partial charge on any atom is 0.268 e. The third kappa shape index (κ3) is 3.64. The number of amides is 2. The van der Waals surface area contributed by atoms with Gasteiger partial charge < -0.3 is 10.2 Å². The number of piperidine rings is 2. The van der Waals surface area contributed by atoms with Gasteiger partial charge in [-0.15, -0.1) is 0 Å². The highest BCUT2D eigenvalue weighted by molar-refractivity contribution is 6.24. The average Bonchev–Trinajstić information content (AvgIpc) is 2.83. The molecule has 0 saturated carbocycles. The van der Waals surface area contributed by atoms with E-state index < -0.39 is 0 Å². The number of fused-ring (bicyclic) bond motifs is 4. The predicted molar refractivity (Wildman–Crippen MR) is 121 cm³/mol. The molecule has 2 aromatic rings. The molecule has 0 aliphatic carbocycles. The minimum atomic E-state index is -0.229. The SMILES string of the molecule is C[C@H](c1ccccc1)N(Cl)C(=O)c1ccc2c(c1)CCN1C(=O)[C@@H]3CCCN[C@@H]3C[C@@H]21. The summed E-state index contributed by atoms with van der Waals surface area (Å²) < 4.78 is 1.28. The molecule has 0 aromatic heterocycles. The van der Waals surface area contributed by atoms with Crippen LogP contribution in [0.3, 0.4) is 0 Å². The smallest absolute Gasteiger partial charge is 0.268 e. The Balaban J connectivity index is 1.38. The van der Waals surface area contributed by atoms with Crippen LogP contribution in [-0.2, 0) is 11.2 Å². The van der Waals surface area contributed by atoms with Gasteiger partial charge in [0.05, 0.1) is 18.0 Å². The molecule has 3 aliphatic heterocycles. The van der Waals surface area contributed by atoms with Gasteiger partial charge in [0, 0.05) is 29.9 Å². The van der Waals surface area contributed by atoms with E-state index >= 15 is 0 Å². The van der Waals surface area contributed by atoms with Gasteiger partial charge >= 0.3 is 0 Å². The lowest BCUT2D eigenvalue weighted by Gasteiger charge is -2.48. The summed E-state index contributed by atoms with van der Waals surface area (Å²) in [4.78, 5) is 28.2. The predicted octanol–water partition coefficient (Wildman–Crippen LogP) is 4.24. The van der Waals surface area contributed by atoms with Crippen molar-refractivity contribution in [3.8, 4) is 0 Å². The van der Waals surface area contributed by atoms with Crippen LogP contribution < -0.4 is 5.32 Å². The summed E-state index contributed by atoms with van der Waals surface area (Å²) in [6.45, 7) is 3.65. The lowest BCUT2D eigenvalue weighted by atomic mass is 9.77. The number of rotatable bonds is 3. The first-order valence-electron chi connectivity index (χ1n) is 11.3. The summed E-state index contributed by atoms with van der Waals surface area (Å²) in [6, 6.07) is 15.8. The molecule has 2 amide bonds. The molecule has 0 spiro atoms. The standard InChI is InChI=1S/C25H28ClN3O2/c1-16(17-6-3-2-4-7-17)29(26)24(30)19-9-10-20-18(14-19)11-13-28-23(20)15-22-21(25(28)31)8-5-12-27-22/h2-4,6-7,9-10,14,16,21-23,27H,5,8,11-13,15H2,1H3/t16-,21-,22-,23+/m1/s1. The van der Waals surface area contributed by atoms with Gasteiger partial charge in [0.25, 0.3) is 5.91 Å². The van der Waals surface area contributed by atoms with Crippen LogP contribution in [0.4, 0.5) is 0 Å². The van der Waals surface area contributed by atoms with Crippen molar-refractivity contribution in [3.63, 3.8) is 0 Å². The van der Waals surface area contributed by atoms with E-state index in [-0.39, 0.29) is 30.0 Å². The third-order valence-corrected chi connectivity index (χ3v) is 7.67. The third-order valence-electron chi connectivity index (χ3n) is 7.22. The molecule has 4 atom stereocenters. The highest BCUT2D eigenvalue weighted by Crippen LogP contribution is 2.41. The molecule has 3 heterocycles. The second-order valence-corrected chi connectivity index (χ2v) is 9.32.